The number of ether oxygens (including phenoxy) is 2. The summed E-state index contributed by atoms with van der Waals surface area (Å²) in [5, 5.41) is 10.4. The Morgan fingerprint density at radius 2 is 2.35 bits per heavy atom. The Morgan fingerprint density at radius 3 is 3.00 bits per heavy atom. The lowest BCUT2D eigenvalue weighted by molar-refractivity contribution is -0.425. The van der Waals surface area contributed by atoms with Crippen LogP contribution in [0.25, 0.3) is 0 Å². The smallest absolute Gasteiger partial charge is 0.317 e. The summed E-state index contributed by atoms with van der Waals surface area (Å²) in [4.78, 5) is 9.70. The molecule has 2 aliphatic rings. The van der Waals surface area contributed by atoms with E-state index in [2.05, 4.69) is 0 Å². The van der Waals surface area contributed by atoms with Gasteiger partial charge in [-0.25, -0.2) is 0 Å². The Balaban J connectivity index is 2.31. The van der Waals surface area contributed by atoms with Crippen LogP contribution in [0.1, 0.15) is 6.92 Å². The van der Waals surface area contributed by atoms with E-state index < -0.39 is 22.5 Å². The van der Waals surface area contributed by atoms with E-state index in [-0.39, 0.29) is 18.2 Å². The highest BCUT2D eigenvalue weighted by Gasteiger charge is 2.49. The number of rotatable bonds is 2. The highest BCUT2D eigenvalue weighted by molar-refractivity contribution is 5.33. The fourth-order valence-electron chi connectivity index (χ4n) is 1.62. The van der Waals surface area contributed by atoms with Gasteiger partial charge in [-0.2, -0.15) is 8.78 Å². The number of hydrogen-bond acceptors (Lipinski definition) is 4. The second-order valence-corrected chi connectivity index (χ2v) is 3.67. The Kier molecular flexibility index (Phi) is 2.60. The fraction of sp³-hybridized carbons (Fsp3) is 0.400. The highest BCUT2D eigenvalue weighted by Crippen LogP contribution is 2.43. The molecule has 0 aromatic rings. The second-order valence-electron chi connectivity index (χ2n) is 3.67. The first-order valence-corrected chi connectivity index (χ1v) is 4.82. The van der Waals surface area contributed by atoms with Crippen molar-refractivity contribution >= 4 is 0 Å². The average molecular weight is 245 g/mol. The minimum absolute atomic E-state index is 0.0154. The summed E-state index contributed by atoms with van der Waals surface area (Å²) in [6, 6.07) is 0. The topological polar surface area (TPSA) is 61.6 Å². The van der Waals surface area contributed by atoms with Crippen molar-refractivity contribution in [3.63, 3.8) is 0 Å². The summed E-state index contributed by atoms with van der Waals surface area (Å²) in [7, 11) is 0. The molecule has 0 saturated heterocycles. The van der Waals surface area contributed by atoms with Crippen LogP contribution in [-0.2, 0) is 9.47 Å². The van der Waals surface area contributed by atoms with Gasteiger partial charge < -0.3 is 9.47 Å². The average Bonchev–Trinajstić information content (AvgIpc) is 2.71. The van der Waals surface area contributed by atoms with Crippen molar-refractivity contribution < 1.29 is 23.2 Å². The molecule has 1 aliphatic carbocycles. The normalized spacial score (nSPS) is 26.3. The van der Waals surface area contributed by atoms with E-state index >= 15 is 0 Å². The molecule has 0 spiro atoms. The van der Waals surface area contributed by atoms with Crippen molar-refractivity contribution in [1.82, 2.24) is 0 Å². The van der Waals surface area contributed by atoms with Gasteiger partial charge in [0.15, 0.2) is 5.76 Å². The predicted molar refractivity (Wildman–Crippen MR) is 52.4 cm³/mol. The van der Waals surface area contributed by atoms with Crippen molar-refractivity contribution in [2.45, 2.75) is 12.8 Å². The summed E-state index contributed by atoms with van der Waals surface area (Å²) < 4.78 is 37.3. The summed E-state index contributed by atoms with van der Waals surface area (Å²) >= 11 is 0. The fourth-order valence-corrected chi connectivity index (χ4v) is 1.62. The molecule has 17 heavy (non-hydrogen) atoms. The van der Waals surface area contributed by atoms with Gasteiger partial charge in [0.2, 0.25) is 18.2 Å². The highest BCUT2D eigenvalue weighted by atomic mass is 19.3. The lowest BCUT2D eigenvalue weighted by Crippen LogP contribution is -2.31. The quantitative estimate of drug-likeness (QED) is 0.552. The van der Waals surface area contributed by atoms with Gasteiger partial charge in [-0.05, 0) is 6.08 Å². The van der Waals surface area contributed by atoms with E-state index in [0.717, 1.165) is 6.08 Å². The van der Waals surface area contributed by atoms with E-state index in [1.807, 2.05) is 0 Å². The van der Waals surface area contributed by atoms with Crippen LogP contribution in [0.4, 0.5) is 8.78 Å². The van der Waals surface area contributed by atoms with Crippen LogP contribution in [0, 0.1) is 16.0 Å². The summed E-state index contributed by atoms with van der Waals surface area (Å²) in [5.41, 5.74) is -0.331. The molecule has 1 aliphatic heterocycles. The molecule has 1 atom stereocenters. The number of allylic oxidation sites excluding steroid dienone is 5. The van der Waals surface area contributed by atoms with Crippen molar-refractivity contribution in [3.8, 4) is 0 Å². The van der Waals surface area contributed by atoms with Crippen LogP contribution < -0.4 is 0 Å². The summed E-state index contributed by atoms with van der Waals surface area (Å²) in [5.74, 6) is -5.29. The third-order valence-corrected chi connectivity index (χ3v) is 2.53. The molecule has 1 unspecified atom stereocenters. The van der Waals surface area contributed by atoms with Gasteiger partial charge in [-0.3, -0.25) is 10.1 Å². The van der Waals surface area contributed by atoms with E-state index in [0.29, 0.717) is 0 Å². The van der Waals surface area contributed by atoms with Crippen LogP contribution in [0.15, 0.2) is 35.4 Å². The molecule has 92 valence electrons. The zero-order valence-corrected chi connectivity index (χ0v) is 8.85. The van der Waals surface area contributed by atoms with Crippen LogP contribution in [-0.4, -0.2) is 17.6 Å². The Labute approximate surface area is 95.2 Å². The van der Waals surface area contributed by atoms with Crippen LogP contribution in [0.3, 0.4) is 0 Å². The molecule has 7 heteroatoms. The lowest BCUT2D eigenvalue weighted by Gasteiger charge is -2.24. The molecular formula is C10H9F2NO4. The Hall–Kier alpha value is -1.92. The molecule has 0 radical (unpaired) electrons. The van der Waals surface area contributed by atoms with Crippen LogP contribution in [0.2, 0.25) is 0 Å². The summed E-state index contributed by atoms with van der Waals surface area (Å²) in [6.07, 6.45) is 3.41. The maximum atomic E-state index is 13.9. The minimum Gasteiger partial charge on any atom is -0.454 e. The maximum Gasteiger partial charge on any atom is 0.317 e. The number of alkyl halides is 2. The standard InChI is InChI=1S/C10H9F2NO4/c1-6(13(14)15)4-7-2-3-8-9(10(7,11)12)17-5-16-8/h2-4,7H,5H2,1H3. The molecule has 0 fully saturated rings. The SMILES string of the molecule is CC(=CC1C=CC2=C(OCO2)C1(F)F)[N+](=O)[O-]. The molecule has 0 saturated carbocycles. The number of nitrogens with zero attached hydrogens (tertiary/aromatic N) is 1. The van der Waals surface area contributed by atoms with E-state index in [9.17, 15) is 18.9 Å². The van der Waals surface area contributed by atoms with Gasteiger partial charge in [0, 0.05) is 13.0 Å². The first-order chi connectivity index (χ1) is 7.93. The predicted octanol–water partition coefficient (Wildman–Crippen LogP) is 2.20. The van der Waals surface area contributed by atoms with E-state index in [1.54, 1.807) is 0 Å². The molecule has 0 aromatic carbocycles. The van der Waals surface area contributed by atoms with Gasteiger partial charge >= 0.3 is 5.92 Å². The van der Waals surface area contributed by atoms with Gasteiger partial charge in [-0.1, -0.05) is 6.08 Å². The largest absolute Gasteiger partial charge is 0.454 e. The van der Waals surface area contributed by atoms with Gasteiger partial charge in [0.1, 0.15) is 0 Å². The molecule has 0 bridgehead atoms. The third kappa shape index (κ3) is 1.88. The third-order valence-electron chi connectivity index (χ3n) is 2.53. The first kappa shape index (κ1) is 11.6. The van der Waals surface area contributed by atoms with Crippen molar-refractivity contribution in [1.29, 1.82) is 0 Å². The molecular weight excluding hydrogens is 236 g/mol. The zero-order valence-electron chi connectivity index (χ0n) is 8.85. The van der Waals surface area contributed by atoms with Gasteiger partial charge in [0.05, 0.1) is 10.8 Å². The van der Waals surface area contributed by atoms with Crippen molar-refractivity contribution in [2.24, 2.45) is 5.92 Å². The molecule has 0 aromatic heterocycles. The molecule has 0 amide bonds. The number of nitro groups is 1. The summed E-state index contributed by atoms with van der Waals surface area (Å²) in [6.45, 7) is 0.912. The first-order valence-electron chi connectivity index (χ1n) is 4.82. The molecule has 1 heterocycles. The van der Waals surface area contributed by atoms with E-state index in [4.69, 9.17) is 9.47 Å². The lowest BCUT2D eigenvalue weighted by atomic mass is 9.93. The number of halogens is 2. The zero-order chi connectivity index (χ0) is 12.6. The Morgan fingerprint density at radius 1 is 1.65 bits per heavy atom. The second kappa shape index (κ2) is 3.83. The van der Waals surface area contributed by atoms with Crippen molar-refractivity contribution in [2.75, 3.05) is 6.79 Å². The molecule has 5 nitrogen and oxygen atoms in total. The van der Waals surface area contributed by atoms with Crippen molar-refractivity contribution in [3.05, 3.63) is 45.6 Å². The van der Waals surface area contributed by atoms with E-state index in [1.165, 1.54) is 19.1 Å². The van der Waals surface area contributed by atoms with Gasteiger partial charge in [0.25, 0.3) is 0 Å². The van der Waals surface area contributed by atoms with Crippen LogP contribution in [0.5, 0.6) is 0 Å². The number of hydrogen-bond donors (Lipinski definition) is 0. The monoisotopic (exact) mass is 245 g/mol. The molecule has 2 rings (SSSR count). The molecule has 0 N–H and O–H groups in total. The maximum absolute atomic E-state index is 13.9. The minimum atomic E-state index is -3.32. The van der Waals surface area contributed by atoms with Crippen LogP contribution >= 0.6 is 0 Å². The Bertz CT molecular complexity index is 453. The van der Waals surface area contributed by atoms with Gasteiger partial charge in [-0.15, -0.1) is 0 Å².